The number of benzene rings is 3. The molecule has 0 bridgehead atoms. The summed E-state index contributed by atoms with van der Waals surface area (Å²) in [4.78, 5) is 11.1. The van der Waals surface area contributed by atoms with Gasteiger partial charge in [0.25, 0.3) is 0 Å². The van der Waals surface area contributed by atoms with Crippen molar-refractivity contribution in [2.45, 2.75) is 50.5 Å². The van der Waals surface area contributed by atoms with Crippen LogP contribution in [0.4, 0.5) is 4.39 Å². The summed E-state index contributed by atoms with van der Waals surface area (Å²) in [6.07, 6.45) is 4.12. The lowest BCUT2D eigenvalue weighted by Gasteiger charge is -2.22. The summed E-state index contributed by atoms with van der Waals surface area (Å²) in [5, 5.41) is 9.12. The molecular formula is C31H31FO6. The molecule has 0 radical (unpaired) electrons. The van der Waals surface area contributed by atoms with Gasteiger partial charge in [0.1, 0.15) is 34.9 Å². The largest absolute Gasteiger partial charge is 0.492 e. The molecule has 3 aromatic carbocycles. The second kappa shape index (κ2) is 10.7. The van der Waals surface area contributed by atoms with Crippen molar-refractivity contribution >= 4 is 5.97 Å². The quantitative estimate of drug-likeness (QED) is 0.362. The van der Waals surface area contributed by atoms with Crippen LogP contribution < -0.4 is 14.2 Å². The molecule has 38 heavy (non-hydrogen) atoms. The molecule has 0 unspecified atom stereocenters. The third kappa shape index (κ3) is 5.20. The van der Waals surface area contributed by atoms with Gasteiger partial charge in [-0.05, 0) is 73.9 Å². The highest BCUT2D eigenvalue weighted by Gasteiger charge is 2.32. The van der Waals surface area contributed by atoms with E-state index in [1.54, 1.807) is 18.2 Å². The Morgan fingerprint density at radius 2 is 1.79 bits per heavy atom. The van der Waals surface area contributed by atoms with E-state index >= 15 is 4.39 Å². The predicted octanol–water partition coefficient (Wildman–Crippen LogP) is 6.60. The van der Waals surface area contributed by atoms with Gasteiger partial charge in [-0.3, -0.25) is 4.79 Å². The summed E-state index contributed by atoms with van der Waals surface area (Å²) >= 11 is 0. The Labute approximate surface area is 221 Å². The van der Waals surface area contributed by atoms with Crippen molar-refractivity contribution in [1.82, 2.24) is 0 Å². The van der Waals surface area contributed by atoms with Crippen molar-refractivity contribution in [1.29, 1.82) is 0 Å². The van der Waals surface area contributed by atoms with Crippen LogP contribution in [0.15, 0.2) is 54.6 Å². The fraction of sp³-hybridized carbons (Fsp3) is 0.387. The van der Waals surface area contributed by atoms with Crippen LogP contribution in [0.3, 0.4) is 0 Å². The molecule has 0 spiro atoms. The van der Waals surface area contributed by atoms with Gasteiger partial charge in [0, 0.05) is 41.9 Å². The molecule has 0 amide bonds. The zero-order valence-corrected chi connectivity index (χ0v) is 21.2. The van der Waals surface area contributed by atoms with Crippen LogP contribution in [0, 0.1) is 11.7 Å². The topological polar surface area (TPSA) is 74.2 Å². The number of carboxylic acids is 1. The SMILES string of the molecule is O=C(O)C[C@@H]1COc2cc(O[C@@H]3CCc4c(Oc5ccc(CC6CCOCC6)cc5)ccc(F)c43)ccc21. The van der Waals surface area contributed by atoms with E-state index in [1.807, 2.05) is 18.2 Å². The molecule has 6 nitrogen and oxygen atoms in total. The predicted molar refractivity (Wildman–Crippen MR) is 139 cm³/mol. The van der Waals surface area contributed by atoms with Gasteiger partial charge < -0.3 is 24.1 Å². The van der Waals surface area contributed by atoms with Crippen LogP contribution >= 0.6 is 0 Å². The molecule has 2 aliphatic heterocycles. The van der Waals surface area contributed by atoms with E-state index in [4.69, 9.17) is 24.1 Å². The number of carboxylic acid groups (broad SMARTS) is 1. The molecule has 6 rings (SSSR count). The maximum absolute atomic E-state index is 15.0. The van der Waals surface area contributed by atoms with Crippen molar-refractivity contribution in [3.63, 3.8) is 0 Å². The van der Waals surface area contributed by atoms with Crippen LogP contribution in [-0.2, 0) is 22.4 Å². The number of carbonyl (C=O) groups is 1. The maximum Gasteiger partial charge on any atom is 0.304 e. The number of hydrogen-bond donors (Lipinski definition) is 1. The summed E-state index contributed by atoms with van der Waals surface area (Å²) in [6, 6.07) is 16.7. The molecule has 2 atom stereocenters. The normalized spacial score (nSPS) is 20.4. The monoisotopic (exact) mass is 518 g/mol. The zero-order valence-electron chi connectivity index (χ0n) is 21.2. The Kier molecular flexibility index (Phi) is 6.94. The van der Waals surface area contributed by atoms with Crippen LogP contribution in [0.5, 0.6) is 23.0 Å². The van der Waals surface area contributed by atoms with Gasteiger partial charge in [0.05, 0.1) is 13.0 Å². The molecule has 1 N–H and O–H groups in total. The van der Waals surface area contributed by atoms with E-state index in [9.17, 15) is 4.79 Å². The Morgan fingerprint density at radius 3 is 2.58 bits per heavy atom. The summed E-state index contributed by atoms with van der Waals surface area (Å²) in [6.45, 7) is 2.03. The van der Waals surface area contributed by atoms with E-state index in [0.717, 1.165) is 49.4 Å². The zero-order chi connectivity index (χ0) is 26.1. The first-order valence-electron chi connectivity index (χ1n) is 13.3. The lowest BCUT2D eigenvalue weighted by Crippen LogP contribution is -2.17. The minimum Gasteiger partial charge on any atom is -0.492 e. The van der Waals surface area contributed by atoms with Crippen molar-refractivity contribution < 1.29 is 33.2 Å². The highest BCUT2D eigenvalue weighted by atomic mass is 19.1. The molecule has 3 aromatic rings. The van der Waals surface area contributed by atoms with E-state index in [1.165, 1.54) is 11.6 Å². The van der Waals surface area contributed by atoms with Gasteiger partial charge in [-0.15, -0.1) is 0 Å². The minimum absolute atomic E-state index is 0.0237. The Morgan fingerprint density at radius 1 is 1.00 bits per heavy atom. The van der Waals surface area contributed by atoms with E-state index < -0.39 is 12.1 Å². The fourth-order valence-electron chi connectivity index (χ4n) is 5.83. The molecule has 1 aliphatic carbocycles. The number of fused-ring (bicyclic) bond motifs is 2. The molecule has 2 heterocycles. The fourth-order valence-corrected chi connectivity index (χ4v) is 5.83. The Hall–Kier alpha value is -3.58. The van der Waals surface area contributed by atoms with Gasteiger partial charge in [0.2, 0.25) is 0 Å². The van der Waals surface area contributed by atoms with E-state index in [-0.39, 0.29) is 18.2 Å². The number of halogens is 1. The minimum atomic E-state index is -0.853. The molecule has 1 fully saturated rings. The number of hydrogen-bond acceptors (Lipinski definition) is 5. The summed E-state index contributed by atoms with van der Waals surface area (Å²) in [7, 11) is 0. The first kappa shape index (κ1) is 24.7. The van der Waals surface area contributed by atoms with Crippen molar-refractivity contribution in [2.75, 3.05) is 19.8 Å². The van der Waals surface area contributed by atoms with E-state index in [0.29, 0.717) is 48.2 Å². The van der Waals surface area contributed by atoms with Crippen molar-refractivity contribution in [2.24, 2.45) is 5.92 Å². The smallest absolute Gasteiger partial charge is 0.304 e. The summed E-state index contributed by atoms with van der Waals surface area (Å²) < 4.78 is 38.6. The highest BCUT2D eigenvalue weighted by Crippen LogP contribution is 2.44. The Balaban J connectivity index is 1.15. The average Bonchev–Trinajstić information content (AvgIpc) is 3.52. The van der Waals surface area contributed by atoms with Gasteiger partial charge in [-0.2, -0.15) is 0 Å². The molecular weight excluding hydrogens is 487 g/mol. The molecule has 7 heteroatoms. The van der Waals surface area contributed by atoms with E-state index in [2.05, 4.69) is 12.1 Å². The van der Waals surface area contributed by atoms with Crippen molar-refractivity contribution in [3.05, 3.63) is 82.7 Å². The standard InChI is InChI=1S/C31H31FO6/c32-26-8-10-27(37-22-3-1-19(2-4-22)15-20-11-13-35-14-12-20)25-7-9-28(31(25)26)38-23-5-6-24-21(16-30(33)34)18-36-29(24)17-23/h1-6,8,10,17,20-21,28H,7,9,11-16,18H2,(H,33,34)/t21-,28-/m1/s1. The molecule has 1 saturated heterocycles. The van der Waals surface area contributed by atoms with Gasteiger partial charge in [0.15, 0.2) is 0 Å². The lowest BCUT2D eigenvalue weighted by molar-refractivity contribution is -0.137. The first-order valence-corrected chi connectivity index (χ1v) is 13.3. The van der Waals surface area contributed by atoms with Crippen LogP contribution in [0.2, 0.25) is 0 Å². The third-order valence-electron chi connectivity index (χ3n) is 7.82. The molecule has 198 valence electrons. The number of rotatable bonds is 8. The summed E-state index contributed by atoms with van der Waals surface area (Å²) in [5.41, 5.74) is 3.52. The lowest BCUT2D eigenvalue weighted by atomic mass is 9.92. The average molecular weight is 519 g/mol. The molecule has 0 saturated carbocycles. The third-order valence-corrected chi connectivity index (χ3v) is 7.82. The molecule has 0 aromatic heterocycles. The second-order valence-corrected chi connectivity index (χ2v) is 10.4. The highest BCUT2D eigenvalue weighted by molar-refractivity contribution is 5.68. The summed E-state index contributed by atoms with van der Waals surface area (Å²) in [5.74, 6) is 1.92. The first-order chi connectivity index (χ1) is 18.5. The number of aliphatic carboxylic acids is 1. The van der Waals surface area contributed by atoms with Gasteiger partial charge >= 0.3 is 5.97 Å². The maximum atomic E-state index is 15.0. The van der Waals surface area contributed by atoms with Crippen LogP contribution in [0.25, 0.3) is 0 Å². The second-order valence-electron chi connectivity index (χ2n) is 10.4. The van der Waals surface area contributed by atoms with Gasteiger partial charge in [-0.1, -0.05) is 18.2 Å². The Bertz CT molecular complexity index is 1310. The van der Waals surface area contributed by atoms with Crippen molar-refractivity contribution in [3.8, 4) is 23.0 Å². The van der Waals surface area contributed by atoms with Crippen LogP contribution in [0.1, 0.15) is 60.0 Å². The number of ether oxygens (including phenoxy) is 4. The van der Waals surface area contributed by atoms with Crippen LogP contribution in [-0.4, -0.2) is 30.9 Å². The molecule has 3 aliphatic rings. The van der Waals surface area contributed by atoms with Gasteiger partial charge in [-0.25, -0.2) is 4.39 Å².